The number of aromatic nitrogens is 1. The molecule has 0 aliphatic heterocycles. The van der Waals surface area contributed by atoms with E-state index in [0.29, 0.717) is 12.1 Å². The highest BCUT2D eigenvalue weighted by molar-refractivity contribution is 7.89. The predicted molar refractivity (Wildman–Crippen MR) is 63.6 cm³/mol. The number of furan rings is 1. The highest BCUT2D eigenvalue weighted by Crippen LogP contribution is 2.18. The Morgan fingerprint density at radius 2 is 2.17 bits per heavy atom. The van der Waals surface area contributed by atoms with E-state index in [4.69, 9.17) is 8.94 Å². The number of aryl methyl sites for hydroxylation is 2. The minimum Gasteiger partial charge on any atom is -0.469 e. The van der Waals surface area contributed by atoms with E-state index in [1.807, 2.05) is 0 Å². The average Bonchev–Trinajstić information content (AvgIpc) is 2.89. The van der Waals surface area contributed by atoms with Crippen molar-refractivity contribution in [2.24, 2.45) is 0 Å². The minimum atomic E-state index is -3.58. The Morgan fingerprint density at radius 3 is 2.72 bits per heavy atom. The van der Waals surface area contributed by atoms with Gasteiger partial charge in [-0.15, -0.1) is 0 Å². The van der Waals surface area contributed by atoms with Crippen LogP contribution in [0.3, 0.4) is 0 Å². The van der Waals surface area contributed by atoms with E-state index in [1.54, 1.807) is 32.2 Å². The van der Waals surface area contributed by atoms with Gasteiger partial charge in [0.1, 0.15) is 16.3 Å². The summed E-state index contributed by atoms with van der Waals surface area (Å²) in [5.74, 6) is 1.02. The van der Waals surface area contributed by atoms with Crippen LogP contribution < -0.4 is 4.72 Å². The topological polar surface area (TPSA) is 85.3 Å². The first-order valence-electron chi connectivity index (χ1n) is 5.45. The van der Waals surface area contributed by atoms with Crippen molar-refractivity contribution in [3.05, 3.63) is 35.6 Å². The van der Waals surface area contributed by atoms with Gasteiger partial charge in [0.2, 0.25) is 10.0 Å². The van der Waals surface area contributed by atoms with E-state index in [2.05, 4.69) is 9.88 Å². The summed E-state index contributed by atoms with van der Waals surface area (Å²) < 4.78 is 36.5. The molecule has 7 heteroatoms. The molecular weight excluding hydrogens is 256 g/mol. The van der Waals surface area contributed by atoms with Crippen molar-refractivity contribution in [2.75, 3.05) is 6.54 Å². The molecule has 0 radical (unpaired) electrons. The second-order valence-corrected chi connectivity index (χ2v) is 5.58. The third kappa shape index (κ3) is 2.62. The molecule has 0 spiro atoms. The summed E-state index contributed by atoms with van der Waals surface area (Å²) >= 11 is 0. The van der Waals surface area contributed by atoms with Crippen LogP contribution in [0.2, 0.25) is 0 Å². The molecule has 0 bridgehead atoms. The summed E-state index contributed by atoms with van der Waals surface area (Å²) in [5, 5.41) is 3.63. The smallest absolute Gasteiger partial charge is 0.245 e. The molecule has 18 heavy (non-hydrogen) atoms. The lowest BCUT2D eigenvalue weighted by Crippen LogP contribution is -2.26. The van der Waals surface area contributed by atoms with Crippen molar-refractivity contribution < 1.29 is 17.4 Å². The van der Waals surface area contributed by atoms with Gasteiger partial charge in [0.15, 0.2) is 5.76 Å². The highest BCUT2D eigenvalue weighted by atomic mass is 32.2. The number of nitrogens with zero attached hydrogens (tertiary/aromatic N) is 1. The van der Waals surface area contributed by atoms with E-state index in [0.717, 1.165) is 5.76 Å². The van der Waals surface area contributed by atoms with Gasteiger partial charge in [-0.05, 0) is 26.0 Å². The molecule has 2 aromatic heterocycles. The van der Waals surface area contributed by atoms with E-state index in [-0.39, 0.29) is 17.2 Å². The molecule has 2 heterocycles. The van der Waals surface area contributed by atoms with Crippen molar-refractivity contribution in [3.63, 3.8) is 0 Å². The van der Waals surface area contributed by atoms with Crippen LogP contribution >= 0.6 is 0 Å². The Labute approximate surface area is 105 Å². The van der Waals surface area contributed by atoms with Gasteiger partial charge in [-0.25, -0.2) is 13.1 Å². The number of hydrogen-bond acceptors (Lipinski definition) is 5. The molecule has 6 nitrogen and oxygen atoms in total. The van der Waals surface area contributed by atoms with Gasteiger partial charge in [-0.1, -0.05) is 5.16 Å². The molecule has 0 fully saturated rings. The van der Waals surface area contributed by atoms with Crippen molar-refractivity contribution in [1.82, 2.24) is 9.88 Å². The zero-order valence-electron chi connectivity index (χ0n) is 10.1. The van der Waals surface area contributed by atoms with Crippen LogP contribution in [0.4, 0.5) is 0 Å². The summed E-state index contributed by atoms with van der Waals surface area (Å²) in [6.45, 7) is 3.43. The summed E-state index contributed by atoms with van der Waals surface area (Å²) in [5.41, 5.74) is 0.359. The Kier molecular flexibility index (Phi) is 3.53. The monoisotopic (exact) mass is 270 g/mol. The largest absolute Gasteiger partial charge is 0.469 e. The first-order valence-corrected chi connectivity index (χ1v) is 6.94. The van der Waals surface area contributed by atoms with Gasteiger partial charge in [-0.3, -0.25) is 0 Å². The lowest BCUT2D eigenvalue weighted by molar-refractivity contribution is 0.390. The quantitative estimate of drug-likeness (QED) is 0.887. The third-order valence-corrected chi connectivity index (χ3v) is 4.18. The fraction of sp³-hybridized carbons (Fsp3) is 0.364. The molecule has 0 amide bonds. The van der Waals surface area contributed by atoms with Crippen LogP contribution in [0.25, 0.3) is 0 Å². The maximum atomic E-state index is 12.0. The minimum absolute atomic E-state index is 0.113. The summed E-state index contributed by atoms with van der Waals surface area (Å²) in [6, 6.07) is 3.56. The van der Waals surface area contributed by atoms with Crippen molar-refractivity contribution >= 4 is 10.0 Å². The first-order chi connectivity index (χ1) is 8.50. The van der Waals surface area contributed by atoms with E-state index in [9.17, 15) is 8.42 Å². The summed E-state index contributed by atoms with van der Waals surface area (Å²) in [4.78, 5) is 0.113. The van der Waals surface area contributed by atoms with Crippen LogP contribution in [0.5, 0.6) is 0 Å². The molecule has 2 aromatic rings. The zero-order chi connectivity index (χ0) is 13.2. The standard InChI is InChI=1S/C11H14N2O4S/c1-8-11(9(2)17-13-8)18(14,15)12-6-5-10-4-3-7-16-10/h3-4,7,12H,5-6H2,1-2H3. The van der Waals surface area contributed by atoms with Gasteiger partial charge in [0.05, 0.1) is 6.26 Å². The normalized spacial score (nSPS) is 11.9. The molecule has 0 atom stereocenters. The molecule has 0 saturated carbocycles. The maximum Gasteiger partial charge on any atom is 0.245 e. The molecule has 0 aromatic carbocycles. The average molecular weight is 270 g/mol. The van der Waals surface area contributed by atoms with Gasteiger partial charge in [-0.2, -0.15) is 0 Å². The second-order valence-electron chi connectivity index (χ2n) is 3.88. The first kappa shape index (κ1) is 12.8. The lowest BCUT2D eigenvalue weighted by Gasteiger charge is -2.04. The van der Waals surface area contributed by atoms with Crippen molar-refractivity contribution in [2.45, 2.75) is 25.2 Å². The summed E-state index contributed by atoms with van der Waals surface area (Å²) in [7, 11) is -3.58. The molecule has 1 N–H and O–H groups in total. The van der Waals surface area contributed by atoms with Crippen LogP contribution in [-0.2, 0) is 16.4 Å². The third-order valence-electron chi connectivity index (χ3n) is 2.48. The molecule has 0 aliphatic carbocycles. The Morgan fingerprint density at radius 1 is 1.39 bits per heavy atom. The van der Waals surface area contributed by atoms with E-state index < -0.39 is 10.0 Å². The molecule has 2 rings (SSSR count). The van der Waals surface area contributed by atoms with E-state index in [1.165, 1.54) is 0 Å². The van der Waals surface area contributed by atoms with Gasteiger partial charge in [0, 0.05) is 13.0 Å². The number of nitrogens with one attached hydrogen (secondary N) is 1. The van der Waals surface area contributed by atoms with Crippen molar-refractivity contribution in [1.29, 1.82) is 0 Å². The molecule has 0 aliphatic rings. The Bertz CT molecular complexity index is 594. The number of rotatable bonds is 5. The van der Waals surface area contributed by atoms with Gasteiger partial charge in [0.25, 0.3) is 0 Å². The van der Waals surface area contributed by atoms with Crippen LogP contribution in [0.15, 0.2) is 32.2 Å². The van der Waals surface area contributed by atoms with E-state index >= 15 is 0 Å². The molecule has 0 unspecified atom stereocenters. The van der Waals surface area contributed by atoms with Crippen molar-refractivity contribution in [3.8, 4) is 0 Å². The molecule has 98 valence electrons. The zero-order valence-corrected chi connectivity index (χ0v) is 11.0. The number of hydrogen-bond donors (Lipinski definition) is 1. The van der Waals surface area contributed by atoms with Crippen LogP contribution in [0.1, 0.15) is 17.2 Å². The predicted octanol–water partition coefficient (Wildman–Crippen LogP) is 1.41. The fourth-order valence-corrected chi connectivity index (χ4v) is 3.05. The lowest BCUT2D eigenvalue weighted by atomic mass is 10.3. The van der Waals surface area contributed by atoms with Gasteiger partial charge >= 0.3 is 0 Å². The SMILES string of the molecule is Cc1noc(C)c1S(=O)(=O)NCCc1ccco1. The Hall–Kier alpha value is -1.60. The summed E-state index contributed by atoms with van der Waals surface area (Å²) in [6.07, 6.45) is 2.05. The Balaban J connectivity index is 2.04. The number of sulfonamides is 1. The maximum absolute atomic E-state index is 12.0. The molecular formula is C11H14N2O4S. The second kappa shape index (κ2) is 4.95. The van der Waals surface area contributed by atoms with Crippen LogP contribution in [-0.4, -0.2) is 20.1 Å². The highest BCUT2D eigenvalue weighted by Gasteiger charge is 2.23. The fourth-order valence-electron chi connectivity index (χ4n) is 1.69. The van der Waals surface area contributed by atoms with Gasteiger partial charge < -0.3 is 8.94 Å². The molecule has 0 saturated heterocycles. The van der Waals surface area contributed by atoms with Crippen LogP contribution in [0, 0.1) is 13.8 Å².